The minimum atomic E-state index is -4.94. The van der Waals surface area contributed by atoms with Crippen LogP contribution < -0.4 is 18.6 Å². The summed E-state index contributed by atoms with van der Waals surface area (Å²) in [4.78, 5) is 5.60. The number of rotatable bonds is 1. The maximum atomic E-state index is 8.49. The van der Waals surface area contributed by atoms with Gasteiger partial charge in [-0.15, -0.1) is 10.2 Å². The van der Waals surface area contributed by atoms with Gasteiger partial charge in [0.25, 0.3) is 0 Å². The first-order chi connectivity index (χ1) is 14.9. The van der Waals surface area contributed by atoms with Crippen molar-refractivity contribution in [3.05, 3.63) is 55.0 Å². The van der Waals surface area contributed by atoms with E-state index in [0.717, 1.165) is 0 Å². The van der Waals surface area contributed by atoms with E-state index in [4.69, 9.17) is 18.6 Å². The Balaban J connectivity index is 0.00000104. The van der Waals surface area contributed by atoms with E-state index in [2.05, 4.69) is 113 Å². The number of allylic oxidation sites excluding steroid dienone is 4. The monoisotopic (exact) mass is 528 g/mol. The van der Waals surface area contributed by atoms with E-state index in [1.807, 2.05) is 23.1 Å². The Bertz CT molecular complexity index is 921. The van der Waals surface area contributed by atoms with Crippen LogP contribution in [0.25, 0.3) is 6.08 Å². The molecule has 1 aromatic rings. The molecule has 0 aromatic carbocycles. The van der Waals surface area contributed by atoms with Crippen LogP contribution in [0.4, 0.5) is 0 Å². The first kappa shape index (κ1) is 31.3. The summed E-state index contributed by atoms with van der Waals surface area (Å²) >= 11 is 3.86. The zero-order valence-electron chi connectivity index (χ0n) is 22.7. The second kappa shape index (κ2) is 10.7. The summed E-state index contributed by atoms with van der Waals surface area (Å²) in [5.74, 6) is 0. The van der Waals surface area contributed by atoms with Crippen molar-refractivity contribution in [3.8, 4) is 0 Å². The SMILES string of the molecule is CC(C)(C)C1=C/C(=C\c2cc(C(C)(C)C)cc(C(C)(C)C)[s+]2)SC(C(C)(C)C)=C1.[O-][Cl+3]([O-])([O-])[O-]. The summed E-state index contributed by atoms with van der Waals surface area (Å²) in [5.41, 5.74) is 3.43. The smallest absolute Gasteiger partial charge is 0.222 e. The quantitative estimate of drug-likeness (QED) is 0.485. The maximum absolute atomic E-state index is 8.49. The lowest BCUT2D eigenvalue weighted by molar-refractivity contribution is -2.00. The normalized spacial score (nSPS) is 17.1. The van der Waals surface area contributed by atoms with Crippen molar-refractivity contribution in [2.75, 3.05) is 0 Å². The Hall–Kier alpha value is -0.730. The van der Waals surface area contributed by atoms with Crippen molar-refractivity contribution in [2.24, 2.45) is 10.8 Å². The van der Waals surface area contributed by atoms with E-state index in [1.54, 1.807) is 0 Å². The van der Waals surface area contributed by atoms with Crippen molar-refractivity contribution >= 4 is 29.2 Å². The van der Waals surface area contributed by atoms with Gasteiger partial charge in [0.05, 0.1) is 0 Å². The van der Waals surface area contributed by atoms with Gasteiger partial charge in [-0.1, -0.05) is 94.8 Å². The van der Waals surface area contributed by atoms with Gasteiger partial charge in [0.2, 0.25) is 21.1 Å². The molecule has 0 unspecified atom stereocenters. The number of halogens is 1. The fourth-order valence-electron chi connectivity index (χ4n) is 2.93. The number of thioether (sulfide) groups is 1. The van der Waals surface area contributed by atoms with Crippen LogP contribution in [0.1, 0.15) is 98.4 Å². The fourth-order valence-corrected chi connectivity index (χ4v) is 5.24. The van der Waals surface area contributed by atoms with Crippen LogP contribution in [0.3, 0.4) is 0 Å². The minimum Gasteiger partial charge on any atom is -0.222 e. The molecule has 0 N–H and O–H groups in total. The number of hydrogen-bond donors (Lipinski definition) is 0. The Labute approximate surface area is 217 Å². The molecule has 192 valence electrons. The predicted octanol–water partition coefficient (Wildman–Crippen LogP) is 4.86. The third-order valence-corrected chi connectivity index (χ3v) is 7.96. The minimum absolute atomic E-state index is 0.143. The summed E-state index contributed by atoms with van der Waals surface area (Å²) < 4.78 is 34.0. The molecule has 4 nitrogen and oxygen atoms in total. The summed E-state index contributed by atoms with van der Waals surface area (Å²) in [6.45, 7) is 27.7. The Morgan fingerprint density at radius 3 is 1.59 bits per heavy atom. The lowest BCUT2D eigenvalue weighted by Gasteiger charge is -2.30. The molecule has 34 heavy (non-hydrogen) atoms. The molecular formula is C27H41ClO4S2. The van der Waals surface area contributed by atoms with Crippen molar-refractivity contribution in [3.63, 3.8) is 0 Å². The number of hydrogen-bond acceptors (Lipinski definition) is 5. The van der Waals surface area contributed by atoms with Gasteiger partial charge in [0.1, 0.15) is 0 Å². The van der Waals surface area contributed by atoms with E-state index in [1.165, 1.54) is 30.7 Å². The molecule has 0 saturated heterocycles. The van der Waals surface area contributed by atoms with Gasteiger partial charge >= 0.3 is 0 Å². The van der Waals surface area contributed by atoms with Crippen LogP contribution in [0.15, 0.2) is 39.7 Å². The van der Waals surface area contributed by atoms with E-state index in [-0.39, 0.29) is 21.7 Å². The maximum Gasteiger partial charge on any atom is 0.232 e. The Kier molecular flexibility index (Phi) is 9.86. The van der Waals surface area contributed by atoms with Crippen LogP contribution in [-0.4, -0.2) is 0 Å². The molecule has 7 heteroatoms. The second-order valence-corrected chi connectivity index (χ2v) is 15.7. The first-order valence-electron chi connectivity index (χ1n) is 11.3. The summed E-state index contributed by atoms with van der Waals surface area (Å²) in [7, 11) is -4.94. The van der Waals surface area contributed by atoms with Gasteiger partial charge in [-0.3, -0.25) is 0 Å². The molecule has 2 heterocycles. The van der Waals surface area contributed by atoms with Gasteiger partial charge < -0.3 is 0 Å². The second-order valence-electron chi connectivity index (χ2n) is 12.7. The highest BCUT2D eigenvalue weighted by Gasteiger charge is 2.30. The van der Waals surface area contributed by atoms with Crippen LogP contribution in [0.5, 0.6) is 0 Å². The molecule has 0 bridgehead atoms. The van der Waals surface area contributed by atoms with Crippen molar-refractivity contribution in [1.29, 1.82) is 0 Å². The van der Waals surface area contributed by atoms with Gasteiger partial charge in [-0.05, 0) is 44.4 Å². The van der Waals surface area contributed by atoms with E-state index < -0.39 is 10.2 Å². The van der Waals surface area contributed by atoms with Crippen LogP contribution in [0.2, 0.25) is 0 Å². The van der Waals surface area contributed by atoms with Crippen molar-refractivity contribution < 1.29 is 28.9 Å². The standard InChI is InChI=1S/C27H41S2.ClHO4/c1-24(2,3)18-13-20(28-22(15-18)26(7,8)9)17-21-14-19(25(4,5)6)16-23(29-21)27(10,11)12;2-1(3,4)5/h13-17H,1-12H3;(H,2,3,4,5)/q+1;/p-1. The third-order valence-electron chi connectivity index (χ3n) is 5.12. The van der Waals surface area contributed by atoms with Gasteiger partial charge in [-0.25, -0.2) is 18.6 Å². The van der Waals surface area contributed by atoms with Crippen LogP contribution in [0, 0.1) is 21.1 Å². The third kappa shape index (κ3) is 10.9. The summed E-state index contributed by atoms with van der Waals surface area (Å²) in [5, 5.41) is 0. The highest BCUT2D eigenvalue weighted by Crippen LogP contribution is 2.47. The molecule has 1 aliphatic heterocycles. The van der Waals surface area contributed by atoms with Crippen molar-refractivity contribution in [1.82, 2.24) is 0 Å². The van der Waals surface area contributed by atoms with Gasteiger partial charge in [0, 0.05) is 28.5 Å². The van der Waals surface area contributed by atoms with E-state index >= 15 is 0 Å². The highest BCUT2D eigenvalue weighted by molar-refractivity contribution is 8.07. The Morgan fingerprint density at radius 1 is 0.706 bits per heavy atom. The van der Waals surface area contributed by atoms with Crippen LogP contribution >= 0.6 is 23.1 Å². The zero-order valence-corrected chi connectivity index (χ0v) is 25.1. The average Bonchev–Trinajstić information content (AvgIpc) is 2.56. The van der Waals surface area contributed by atoms with Gasteiger partial charge in [-0.2, -0.15) is 0 Å². The molecule has 0 aliphatic carbocycles. The highest BCUT2D eigenvalue weighted by atomic mass is 35.7. The fraction of sp³-hybridized carbons (Fsp3) is 0.593. The molecule has 0 fully saturated rings. The van der Waals surface area contributed by atoms with Crippen LogP contribution in [-0.2, 0) is 10.8 Å². The average molecular weight is 529 g/mol. The summed E-state index contributed by atoms with van der Waals surface area (Å²) in [6, 6.07) is 4.81. The first-order valence-corrected chi connectivity index (χ1v) is 14.2. The summed E-state index contributed by atoms with van der Waals surface area (Å²) in [6.07, 6.45) is 7.22. The largest absolute Gasteiger partial charge is 0.232 e. The zero-order chi connectivity index (χ0) is 26.9. The van der Waals surface area contributed by atoms with Crippen molar-refractivity contribution in [2.45, 2.75) is 93.9 Å². The molecule has 0 saturated carbocycles. The molecule has 2 rings (SSSR count). The van der Waals surface area contributed by atoms with E-state index in [9.17, 15) is 0 Å². The molecule has 0 radical (unpaired) electrons. The molecule has 0 amide bonds. The lowest BCUT2D eigenvalue weighted by atomic mass is 9.83. The Morgan fingerprint density at radius 2 is 1.21 bits per heavy atom. The van der Waals surface area contributed by atoms with E-state index in [0.29, 0.717) is 0 Å². The predicted molar refractivity (Wildman–Crippen MR) is 137 cm³/mol. The van der Waals surface area contributed by atoms with Gasteiger partial charge in [0.15, 0.2) is 0 Å². The molecule has 0 atom stereocenters. The molecule has 1 aromatic heterocycles. The topological polar surface area (TPSA) is 92.2 Å². The molecule has 0 spiro atoms. The lowest BCUT2D eigenvalue weighted by Crippen LogP contribution is -2.68. The molecule has 1 aliphatic rings. The molecular weight excluding hydrogens is 488 g/mol.